The fraction of sp³-hybridized carbons (Fsp3) is 0. The van der Waals surface area contributed by atoms with Crippen molar-refractivity contribution in [2.45, 2.75) is 0 Å². The van der Waals surface area contributed by atoms with E-state index in [0.717, 1.165) is 0 Å². The zero-order valence-electron chi connectivity index (χ0n) is 13.2. The number of H-pyrrole nitrogens is 1. The monoisotopic (exact) mass is 367 g/mol. The highest BCUT2D eigenvalue weighted by Gasteiger charge is 2.12. The molecule has 0 aliphatic carbocycles. The van der Waals surface area contributed by atoms with Crippen LogP contribution < -0.4 is 11.0 Å². The lowest BCUT2D eigenvalue weighted by Gasteiger charge is -2.06. The van der Waals surface area contributed by atoms with Gasteiger partial charge in [0.25, 0.3) is 5.56 Å². The number of aromatic amines is 1. The molecule has 1 aromatic heterocycles. The van der Waals surface area contributed by atoms with Gasteiger partial charge in [-0.25, -0.2) is 14.8 Å². The topological polar surface area (TPSA) is 93.9 Å². The molecule has 6 nitrogen and oxygen atoms in total. The Kier molecular flexibility index (Phi) is 5.06. The molecule has 128 valence electrons. The van der Waals surface area contributed by atoms with E-state index in [9.17, 15) is 14.4 Å². The molecule has 1 heterocycles. The van der Waals surface area contributed by atoms with Crippen molar-refractivity contribution in [1.82, 2.24) is 9.97 Å². The summed E-state index contributed by atoms with van der Waals surface area (Å²) < 4.78 is 13.4. The Morgan fingerprint density at radius 3 is 2.73 bits per heavy atom. The number of nitrogens with one attached hydrogen (secondary N) is 2. The summed E-state index contributed by atoms with van der Waals surface area (Å²) in [6.45, 7) is 0. The standard InChI is InChI=1S/C18H11ClFN5O/c19-14-7-6-11(8-15(14)20)10-22-25-18-23-16(12-4-2-1-3-5-12)13(9-21)17(26)24-18/h1-8,10H,(H2,23,24,25,26). The average molecular weight is 368 g/mol. The lowest BCUT2D eigenvalue weighted by molar-refractivity contribution is 0.628. The van der Waals surface area contributed by atoms with Gasteiger partial charge in [0.1, 0.15) is 17.4 Å². The third kappa shape index (κ3) is 3.77. The van der Waals surface area contributed by atoms with Crippen molar-refractivity contribution in [3.8, 4) is 17.3 Å². The Balaban J connectivity index is 1.90. The highest BCUT2D eigenvalue weighted by atomic mass is 35.5. The van der Waals surface area contributed by atoms with Crippen LogP contribution in [0, 0.1) is 17.1 Å². The van der Waals surface area contributed by atoms with E-state index >= 15 is 0 Å². The van der Waals surface area contributed by atoms with E-state index < -0.39 is 11.4 Å². The molecule has 0 unspecified atom stereocenters. The predicted molar refractivity (Wildman–Crippen MR) is 97.6 cm³/mol. The van der Waals surface area contributed by atoms with Crippen LogP contribution in [0.2, 0.25) is 5.02 Å². The Labute approximate surface area is 152 Å². The smallest absolute Gasteiger partial charge is 0.270 e. The fourth-order valence-electron chi connectivity index (χ4n) is 2.20. The van der Waals surface area contributed by atoms with E-state index in [2.05, 4.69) is 20.5 Å². The number of hydrazone groups is 1. The molecule has 0 atom stereocenters. The third-order valence-corrected chi connectivity index (χ3v) is 3.71. The van der Waals surface area contributed by atoms with E-state index in [-0.39, 0.29) is 22.2 Å². The zero-order chi connectivity index (χ0) is 18.5. The number of benzene rings is 2. The molecule has 26 heavy (non-hydrogen) atoms. The van der Waals surface area contributed by atoms with Gasteiger partial charge in [-0.05, 0) is 17.7 Å². The number of rotatable bonds is 4. The first-order chi connectivity index (χ1) is 12.6. The maximum Gasteiger partial charge on any atom is 0.270 e. The second-order valence-electron chi connectivity index (χ2n) is 5.16. The van der Waals surface area contributed by atoms with Crippen molar-refractivity contribution in [3.05, 3.63) is 80.9 Å². The first-order valence-electron chi connectivity index (χ1n) is 7.42. The largest absolute Gasteiger partial charge is 0.290 e. The van der Waals surface area contributed by atoms with Crippen molar-refractivity contribution >= 4 is 23.8 Å². The minimum atomic E-state index is -0.586. The fourth-order valence-corrected chi connectivity index (χ4v) is 2.31. The summed E-state index contributed by atoms with van der Waals surface area (Å²) in [7, 11) is 0. The van der Waals surface area contributed by atoms with Crippen LogP contribution >= 0.6 is 11.6 Å². The molecular formula is C18H11ClFN5O. The molecule has 0 radical (unpaired) electrons. The van der Waals surface area contributed by atoms with Crippen LogP contribution in [0.15, 0.2) is 58.4 Å². The zero-order valence-corrected chi connectivity index (χ0v) is 14.0. The highest BCUT2D eigenvalue weighted by molar-refractivity contribution is 6.30. The van der Waals surface area contributed by atoms with Crippen molar-refractivity contribution in [2.24, 2.45) is 5.10 Å². The number of hydrogen-bond acceptors (Lipinski definition) is 5. The number of hydrogen-bond donors (Lipinski definition) is 2. The van der Waals surface area contributed by atoms with Crippen molar-refractivity contribution < 1.29 is 4.39 Å². The molecule has 0 bridgehead atoms. The van der Waals surface area contributed by atoms with Gasteiger partial charge in [-0.15, -0.1) is 0 Å². The highest BCUT2D eigenvalue weighted by Crippen LogP contribution is 2.19. The number of halogens is 2. The molecule has 0 spiro atoms. The Bertz CT molecular complexity index is 1070. The number of aromatic nitrogens is 2. The van der Waals surface area contributed by atoms with Gasteiger partial charge >= 0.3 is 0 Å². The molecule has 0 aliphatic rings. The molecule has 8 heteroatoms. The molecule has 0 fully saturated rings. The second kappa shape index (κ2) is 7.59. The first kappa shape index (κ1) is 17.3. The van der Waals surface area contributed by atoms with E-state index in [1.165, 1.54) is 18.3 Å². The molecule has 0 aliphatic heterocycles. The molecule has 0 amide bonds. The van der Waals surface area contributed by atoms with E-state index in [1.807, 2.05) is 12.1 Å². The van der Waals surface area contributed by atoms with Crippen LogP contribution in [0.5, 0.6) is 0 Å². The van der Waals surface area contributed by atoms with Gasteiger partial charge in [0, 0.05) is 5.56 Å². The molecule has 0 saturated carbocycles. The summed E-state index contributed by atoms with van der Waals surface area (Å²) >= 11 is 5.62. The molecule has 0 saturated heterocycles. The SMILES string of the molecule is N#Cc1c(-c2ccccc2)nc(NN=Cc2ccc(Cl)c(F)c2)[nH]c1=O. The van der Waals surface area contributed by atoms with E-state index in [1.54, 1.807) is 30.3 Å². The van der Waals surface area contributed by atoms with Crippen LogP contribution in [0.3, 0.4) is 0 Å². The average Bonchev–Trinajstić information content (AvgIpc) is 2.65. The first-order valence-corrected chi connectivity index (χ1v) is 7.80. The van der Waals surface area contributed by atoms with Crippen LogP contribution in [-0.2, 0) is 0 Å². The van der Waals surface area contributed by atoms with Gasteiger partial charge in [0.2, 0.25) is 5.95 Å². The number of nitriles is 1. The van der Waals surface area contributed by atoms with Crippen LogP contribution in [0.1, 0.15) is 11.1 Å². The summed E-state index contributed by atoms with van der Waals surface area (Å²) in [4.78, 5) is 18.8. The Morgan fingerprint density at radius 1 is 1.27 bits per heavy atom. The molecule has 3 rings (SSSR count). The van der Waals surface area contributed by atoms with Crippen molar-refractivity contribution in [2.75, 3.05) is 5.43 Å². The summed E-state index contributed by atoms with van der Waals surface area (Å²) in [5.41, 5.74) is 3.23. The quantitative estimate of drug-likeness (QED) is 0.544. The van der Waals surface area contributed by atoms with Crippen molar-refractivity contribution in [3.63, 3.8) is 0 Å². The van der Waals surface area contributed by atoms with Crippen LogP contribution in [0.25, 0.3) is 11.3 Å². The van der Waals surface area contributed by atoms with Crippen LogP contribution in [-0.4, -0.2) is 16.2 Å². The minimum Gasteiger partial charge on any atom is -0.290 e. The summed E-state index contributed by atoms with van der Waals surface area (Å²) in [5.74, 6) is -0.509. The number of anilines is 1. The minimum absolute atomic E-state index is 0.0145. The van der Waals surface area contributed by atoms with Gasteiger partial charge < -0.3 is 0 Å². The summed E-state index contributed by atoms with van der Waals surface area (Å²) in [6, 6.07) is 14.9. The maximum atomic E-state index is 13.4. The summed E-state index contributed by atoms with van der Waals surface area (Å²) in [5, 5.41) is 13.1. The molecular weight excluding hydrogens is 357 g/mol. The summed E-state index contributed by atoms with van der Waals surface area (Å²) in [6.07, 6.45) is 1.35. The molecule has 3 aromatic rings. The van der Waals surface area contributed by atoms with Gasteiger partial charge in [-0.3, -0.25) is 9.78 Å². The third-order valence-electron chi connectivity index (χ3n) is 3.41. The van der Waals surface area contributed by atoms with E-state index in [0.29, 0.717) is 11.1 Å². The second-order valence-corrected chi connectivity index (χ2v) is 5.57. The maximum absolute atomic E-state index is 13.4. The van der Waals surface area contributed by atoms with Crippen LogP contribution in [0.4, 0.5) is 10.3 Å². The predicted octanol–water partition coefficient (Wildman–Crippen LogP) is 3.55. The molecule has 2 N–H and O–H groups in total. The lowest BCUT2D eigenvalue weighted by Crippen LogP contribution is -2.16. The Morgan fingerprint density at radius 2 is 2.04 bits per heavy atom. The number of nitrogens with zero attached hydrogens (tertiary/aromatic N) is 3. The van der Waals surface area contributed by atoms with Crippen molar-refractivity contribution in [1.29, 1.82) is 5.26 Å². The van der Waals surface area contributed by atoms with Gasteiger partial charge in [-0.1, -0.05) is 48.0 Å². The van der Waals surface area contributed by atoms with E-state index in [4.69, 9.17) is 11.6 Å². The lowest BCUT2D eigenvalue weighted by atomic mass is 10.1. The Hall–Kier alpha value is -3.50. The van der Waals surface area contributed by atoms with Gasteiger partial charge in [-0.2, -0.15) is 10.4 Å². The molecule has 2 aromatic carbocycles. The normalized spacial score (nSPS) is 10.7. The van der Waals surface area contributed by atoms with Gasteiger partial charge in [0.15, 0.2) is 0 Å². The van der Waals surface area contributed by atoms with Gasteiger partial charge in [0.05, 0.1) is 16.9 Å².